The summed E-state index contributed by atoms with van der Waals surface area (Å²) < 4.78 is 45.1. The number of ether oxygens (including phenoxy) is 1. The molecule has 0 spiro atoms. The number of anilines is 2. The maximum atomic E-state index is 13.3. The highest BCUT2D eigenvalue weighted by Crippen LogP contribution is 2.37. The van der Waals surface area contributed by atoms with E-state index in [4.69, 9.17) is 21.1 Å². The number of nitrogens with zero attached hydrogens (tertiary/aromatic N) is 3. The quantitative estimate of drug-likeness (QED) is 0.439. The third kappa shape index (κ3) is 4.14. The van der Waals surface area contributed by atoms with Crippen LogP contribution in [0.25, 0.3) is 0 Å². The van der Waals surface area contributed by atoms with Gasteiger partial charge in [0.05, 0.1) is 24.5 Å². The van der Waals surface area contributed by atoms with Crippen molar-refractivity contribution in [2.75, 3.05) is 36.6 Å². The Bertz CT molecular complexity index is 689. The second kappa shape index (κ2) is 7.18. The van der Waals surface area contributed by atoms with Gasteiger partial charge in [0.1, 0.15) is 6.07 Å². The number of amidine groups is 1. The first-order valence-corrected chi connectivity index (χ1v) is 6.95. The van der Waals surface area contributed by atoms with Crippen LogP contribution in [0.3, 0.4) is 0 Å². The van der Waals surface area contributed by atoms with Crippen LogP contribution >= 0.6 is 0 Å². The normalized spacial score (nSPS) is 15.8. The van der Waals surface area contributed by atoms with Gasteiger partial charge in [0.15, 0.2) is 5.84 Å². The van der Waals surface area contributed by atoms with Crippen molar-refractivity contribution in [2.45, 2.75) is 6.18 Å². The highest BCUT2D eigenvalue weighted by molar-refractivity contribution is 6.45. The van der Waals surface area contributed by atoms with Crippen molar-refractivity contribution in [3.63, 3.8) is 0 Å². The van der Waals surface area contributed by atoms with Crippen LogP contribution in [0.1, 0.15) is 5.56 Å². The fourth-order valence-electron chi connectivity index (χ4n) is 2.14. The van der Waals surface area contributed by atoms with Crippen molar-refractivity contribution < 1.29 is 17.9 Å². The van der Waals surface area contributed by atoms with Crippen molar-refractivity contribution in [1.82, 2.24) is 0 Å². The van der Waals surface area contributed by atoms with Crippen molar-refractivity contribution in [2.24, 2.45) is 10.8 Å². The third-order valence-corrected chi connectivity index (χ3v) is 3.33. The summed E-state index contributed by atoms with van der Waals surface area (Å²) in [5, 5.41) is 19.3. The topological polar surface area (TPSA) is 111 Å². The molecule has 1 aliphatic heterocycles. The zero-order chi connectivity index (χ0) is 17.7. The smallest absolute Gasteiger partial charge is 0.382 e. The number of hydrogen-bond donors (Lipinski definition) is 3. The van der Waals surface area contributed by atoms with Crippen molar-refractivity contribution >= 4 is 22.9 Å². The number of nitriles is 1. The van der Waals surface area contributed by atoms with Crippen LogP contribution < -0.4 is 16.1 Å². The Hall–Kier alpha value is -2.80. The average molecular weight is 340 g/mol. The second-order valence-electron chi connectivity index (χ2n) is 4.92. The van der Waals surface area contributed by atoms with Crippen LogP contribution in [0.15, 0.2) is 23.3 Å². The minimum atomic E-state index is -4.61. The maximum absolute atomic E-state index is 13.3. The third-order valence-electron chi connectivity index (χ3n) is 3.33. The SMILES string of the molecule is N#C/C(=N\Nc1ccc(N2CCOCC2)cc1C(F)(F)F)C(=N)N. The summed E-state index contributed by atoms with van der Waals surface area (Å²) in [5.74, 6) is -0.636. The molecule has 1 saturated heterocycles. The molecular weight excluding hydrogens is 325 g/mol. The summed E-state index contributed by atoms with van der Waals surface area (Å²) in [6, 6.07) is 5.30. The lowest BCUT2D eigenvalue weighted by Gasteiger charge is -2.29. The Labute approximate surface area is 136 Å². The van der Waals surface area contributed by atoms with Gasteiger partial charge in [0.2, 0.25) is 5.71 Å². The van der Waals surface area contributed by atoms with Crippen LogP contribution in [-0.2, 0) is 10.9 Å². The fraction of sp³-hybridized carbons (Fsp3) is 0.357. The second-order valence-corrected chi connectivity index (χ2v) is 4.92. The van der Waals surface area contributed by atoms with Crippen LogP contribution in [0.4, 0.5) is 24.5 Å². The van der Waals surface area contributed by atoms with Crippen LogP contribution in [0.5, 0.6) is 0 Å². The van der Waals surface area contributed by atoms with E-state index >= 15 is 0 Å². The lowest BCUT2D eigenvalue weighted by atomic mass is 10.1. The van der Waals surface area contributed by atoms with Gasteiger partial charge in [0.25, 0.3) is 0 Å². The fourth-order valence-corrected chi connectivity index (χ4v) is 2.14. The van der Waals surface area contributed by atoms with E-state index in [1.807, 2.05) is 0 Å². The molecule has 2 rings (SSSR count). The maximum Gasteiger partial charge on any atom is 0.418 e. The predicted octanol–water partition coefficient (Wildman–Crippen LogP) is 1.77. The predicted molar refractivity (Wildman–Crippen MR) is 83.1 cm³/mol. The number of rotatable bonds is 4. The van der Waals surface area contributed by atoms with Crippen molar-refractivity contribution in [1.29, 1.82) is 10.7 Å². The Morgan fingerprint density at radius 2 is 2.04 bits per heavy atom. The molecule has 4 N–H and O–H groups in total. The number of benzene rings is 1. The highest BCUT2D eigenvalue weighted by atomic mass is 19.4. The molecule has 0 atom stereocenters. The number of hydrogen-bond acceptors (Lipinski definition) is 6. The minimum Gasteiger partial charge on any atom is -0.382 e. The van der Waals surface area contributed by atoms with Crippen LogP contribution in [-0.4, -0.2) is 37.9 Å². The van der Waals surface area contributed by atoms with Crippen LogP contribution in [0, 0.1) is 16.7 Å². The molecule has 0 aliphatic carbocycles. The van der Waals surface area contributed by atoms with Crippen molar-refractivity contribution in [3.05, 3.63) is 23.8 Å². The summed E-state index contributed by atoms with van der Waals surface area (Å²) in [6.45, 7) is 1.92. The molecule has 24 heavy (non-hydrogen) atoms. The van der Waals surface area contributed by atoms with Gasteiger partial charge in [0, 0.05) is 18.8 Å². The number of nitrogens with two attached hydrogens (primary N) is 1. The van der Waals surface area contributed by atoms with Gasteiger partial charge in [-0.25, -0.2) is 0 Å². The molecule has 1 heterocycles. The molecule has 0 amide bonds. The summed E-state index contributed by atoms with van der Waals surface area (Å²) in [4.78, 5) is 1.79. The number of alkyl halides is 3. The monoisotopic (exact) mass is 340 g/mol. The molecule has 0 unspecified atom stereocenters. The van der Waals surface area contributed by atoms with Crippen LogP contribution in [0.2, 0.25) is 0 Å². The molecule has 1 aromatic rings. The first kappa shape index (κ1) is 17.6. The van der Waals surface area contributed by atoms with Gasteiger partial charge in [-0.2, -0.15) is 23.5 Å². The Morgan fingerprint density at radius 1 is 1.38 bits per heavy atom. The number of nitrogens with one attached hydrogen (secondary N) is 2. The molecule has 0 aromatic heterocycles. The molecule has 7 nitrogen and oxygen atoms in total. The van der Waals surface area contributed by atoms with Crippen molar-refractivity contribution in [3.8, 4) is 6.07 Å². The standard InChI is InChI=1S/C14H15F3N6O/c15-14(16,17)10-7-9(23-3-5-24-6-4-23)1-2-11(10)21-22-12(8-18)13(19)20/h1-2,7,21H,3-6H2,(H3,19,20)/b22-12+. The molecule has 0 saturated carbocycles. The van der Waals surface area contributed by atoms with Gasteiger partial charge < -0.3 is 15.4 Å². The van der Waals surface area contributed by atoms with Gasteiger partial charge in [-0.1, -0.05) is 0 Å². The molecule has 10 heteroatoms. The molecule has 1 aromatic carbocycles. The first-order valence-electron chi connectivity index (χ1n) is 6.95. The zero-order valence-corrected chi connectivity index (χ0v) is 12.5. The number of halogens is 3. The molecular formula is C14H15F3N6O. The van der Waals surface area contributed by atoms with Gasteiger partial charge >= 0.3 is 6.18 Å². The lowest BCUT2D eigenvalue weighted by Crippen LogP contribution is -2.36. The molecule has 128 valence electrons. The van der Waals surface area contributed by atoms with E-state index < -0.39 is 23.3 Å². The average Bonchev–Trinajstić information content (AvgIpc) is 2.55. The summed E-state index contributed by atoms with van der Waals surface area (Å²) >= 11 is 0. The first-order chi connectivity index (χ1) is 11.3. The summed E-state index contributed by atoms with van der Waals surface area (Å²) in [5.41, 5.74) is 5.95. The Kier molecular flexibility index (Phi) is 5.25. The van der Waals surface area contributed by atoms with Gasteiger partial charge in [-0.05, 0) is 18.2 Å². The molecule has 0 bridgehead atoms. The van der Waals surface area contributed by atoms with Gasteiger partial charge in [-0.15, -0.1) is 0 Å². The number of hydrazone groups is 1. The minimum absolute atomic E-state index is 0.325. The Morgan fingerprint density at radius 3 is 2.58 bits per heavy atom. The van der Waals surface area contributed by atoms with E-state index in [2.05, 4.69) is 10.5 Å². The van der Waals surface area contributed by atoms with E-state index in [9.17, 15) is 13.2 Å². The number of morpholine rings is 1. The van der Waals surface area contributed by atoms with E-state index in [-0.39, 0.29) is 5.69 Å². The molecule has 1 aliphatic rings. The summed E-state index contributed by atoms with van der Waals surface area (Å²) in [6.07, 6.45) is -4.61. The Balaban J connectivity index is 2.34. The summed E-state index contributed by atoms with van der Waals surface area (Å²) in [7, 11) is 0. The highest BCUT2D eigenvalue weighted by Gasteiger charge is 2.34. The molecule has 0 radical (unpaired) electrons. The zero-order valence-electron chi connectivity index (χ0n) is 12.5. The largest absolute Gasteiger partial charge is 0.418 e. The van der Waals surface area contributed by atoms with E-state index in [0.717, 1.165) is 6.07 Å². The molecule has 1 fully saturated rings. The van der Waals surface area contributed by atoms with E-state index in [0.29, 0.717) is 32.0 Å². The van der Waals surface area contributed by atoms with E-state index in [1.165, 1.54) is 18.2 Å². The lowest BCUT2D eigenvalue weighted by molar-refractivity contribution is -0.136. The van der Waals surface area contributed by atoms with E-state index in [1.54, 1.807) is 4.90 Å². The van der Waals surface area contributed by atoms with Gasteiger partial charge in [-0.3, -0.25) is 10.8 Å².